The quantitative estimate of drug-likeness (QED) is 0.752. The van der Waals surface area contributed by atoms with E-state index in [1.807, 2.05) is 0 Å². The average molecular weight is 342 g/mol. The van der Waals surface area contributed by atoms with Gasteiger partial charge < -0.3 is 14.2 Å². The van der Waals surface area contributed by atoms with Gasteiger partial charge in [-0.2, -0.15) is 4.31 Å². The summed E-state index contributed by atoms with van der Waals surface area (Å²) in [4.78, 5) is 18.2. The van der Waals surface area contributed by atoms with Crippen LogP contribution in [0, 0.1) is 5.92 Å². The largest absolute Gasteiger partial charge is 0.381 e. The number of amides is 1. The van der Waals surface area contributed by atoms with E-state index in [9.17, 15) is 13.2 Å². The summed E-state index contributed by atoms with van der Waals surface area (Å²) in [7, 11) is -1.86. The topological polar surface area (TPSA) is 84.7 Å². The molecule has 9 heteroatoms. The van der Waals surface area contributed by atoms with Crippen LogP contribution in [0.4, 0.5) is 0 Å². The lowest BCUT2D eigenvalue weighted by molar-refractivity contribution is -0.135. The monoisotopic (exact) mass is 342 g/mol. The number of hydrogen-bond donors (Lipinski definition) is 0. The summed E-state index contributed by atoms with van der Waals surface area (Å²) in [6.07, 6.45) is 4.36. The molecule has 2 saturated heterocycles. The van der Waals surface area contributed by atoms with Gasteiger partial charge in [-0.05, 0) is 12.8 Å². The molecule has 0 radical (unpaired) electrons. The maximum absolute atomic E-state index is 12.6. The summed E-state index contributed by atoms with van der Waals surface area (Å²) in [5.41, 5.74) is 0. The Labute approximate surface area is 136 Å². The Balaban J connectivity index is 1.67. The predicted octanol–water partition coefficient (Wildman–Crippen LogP) is -0.320. The molecule has 0 bridgehead atoms. The molecule has 0 aromatic carbocycles. The lowest BCUT2D eigenvalue weighted by atomic mass is 10.1. The Morgan fingerprint density at radius 3 is 2.78 bits per heavy atom. The van der Waals surface area contributed by atoms with Crippen LogP contribution in [0.15, 0.2) is 17.6 Å². The zero-order valence-corrected chi connectivity index (χ0v) is 14.0. The number of sulfonamides is 1. The van der Waals surface area contributed by atoms with Gasteiger partial charge >= 0.3 is 0 Å². The number of ether oxygens (including phenoxy) is 1. The molecule has 23 heavy (non-hydrogen) atoms. The highest BCUT2D eigenvalue weighted by atomic mass is 32.2. The molecule has 1 amide bonds. The summed E-state index contributed by atoms with van der Waals surface area (Å²) in [6, 6.07) is 0. The Morgan fingerprint density at radius 2 is 2.13 bits per heavy atom. The fraction of sp³-hybridized carbons (Fsp3) is 0.714. The summed E-state index contributed by atoms with van der Waals surface area (Å²) < 4.78 is 33.5. The minimum Gasteiger partial charge on any atom is -0.381 e. The third-order valence-electron chi connectivity index (χ3n) is 4.33. The smallest absolute Gasteiger partial charge is 0.262 e. The number of aryl methyl sites for hydroxylation is 1. The molecule has 0 saturated carbocycles. The summed E-state index contributed by atoms with van der Waals surface area (Å²) >= 11 is 0. The molecule has 2 aliphatic rings. The molecule has 1 aromatic rings. The van der Waals surface area contributed by atoms with E-state index >= 15 is 0 Å². The van der Waals surface area contributed by atoms with Crippen molar-refractivity contribution in [1.29, 1.82) is 0 Å². The standard InChI is InChI=1S/C14H22N4O4S/c1-16-9-13(15-11-16)23(20,21)18-5-2-4-17(6-7-18)14(19)12-3-8-22-10-12/h9,11-12H,2-8,10H2,1H3. The molecule has 1 aromatic heterocycles. The van der Waals surface area contributed by atoms with Crippen molar-refractivity contribution >= 4 is 15.9 Å². The zero-order valence-electron chi connectivity index (χ0n) is 13.2. The van der Waals surface area contributed by atoms with E-state index in [4.69, 9.17) is 4.74 Å². The summed E-state index contributed by atoms with van der Waals surface area (Å²) in [6.45, 7) is 2.82. The van der Waals surface area contributed by atoms with Crippen LogP contribution in [0.1, 0.15) is 12.8 Å². The lowest BCUT2D eigenvalue weighted by Gasteiger charge is -2.23. The van der Waals surface area contributed by atoms with Crippen LogP contribution >= 0.6 is 0 Å². The SMILES string of the molecule is Cn1cnc(S(=O)(=O)N2CCCN(C(=O)C3CCOC3)CC2)c1. The first-order chi connectivity index (χ1) is 11.0. The Hall–Kier alpha value is -1.45. The average Bonchev–Trinajstić information content (AvgIpc) is 3.13. The number of aromatic nitrogens is 2. The zero-order chi connectivity index (χ0) is 16.4. The van der Waals surface area contributed by atoms with Gasteiger partial charge in [-0.1, -0.05) is 0 Å². The van der Waals surface area contributed by atoms with E-state index in [0.717, 1.165) is 6.42 Å². The van der Waals surface area contributed by atoms with Crippen LogP contribution in [0.3, 0.4) is 0 Å². The summed E-state index contributed by atoms with van der Waals surface area (Å²) in [5, 5.41) is 0.0592. The van der Waals surface area contributed by atoms with E-state index in [-0.39, 0.29) is 16.9 Å². The van der Waals surface area contributed by atoms with E-state index in [0.29, 0.717) is 45.8 Å². The first-order valence-electron chi connectivity index (χ1n) is 7.83. The molecule has 128 valence electrons. The lowest BCUT2D eigenvalue weighted by Crippen LogP contribution is -2.40. The minimum absolute atomic E-state index is 0.0592. The maximum Gasteiger partial charge on any atom is 0.262 e. The van der Waals surface area contributed by atoms with Gasteiger partial charge in [0.1, 0.15) is 0 Å². The molecular formula is C14H22N4O4S. The van der Waals surface area contributed by atoms with E-state index in [2.05, 4.69) is 4.98 Å². The molecule has 0 spiro atoms. The van der Waals surface area contributed by atoms with Crippen molar-refractivity contribution in [3.63, 3.8) is 0 Å². The van der Waals surface area contributed by atoms with Gasteiger partial charge in [0.25, 0.3) is 10.0 Å². The van der Waals surface area contributed by atoms with Gasteiger partial charge in [0.15, 0.2) is 5.03 Å². The van der Waals surface area contributed by atoms with Crippen molar-refractivity contribution in [2.75, 3.05) is 39.4 Å². The van der Waals surface area contributed by atoms with Gasteiger partial charge in [-0.25, -0.2) is 13.4 Å². The molecule has 2 aliphatic heterocycles. The van der Waals surface area contributed by atoms with Crippen LogP contribution in [0.2, 0.25) is 0 Å². The van der Waals surface area contributed by atoms with Crippen LogP contribution in [0.5, 0.6) is 0 Å². The van der Waals surface area contributed by atoms with Gasteiger partial charge in [0.05, 0.1) is 18.9 Å². The predicted molar refractivity (Wildman–Crippen MR) is 82.1 cm³/mol. The van der Waals surface area contributed by atoms with Crippen molar-refractivity contribution in [2.24, 2.45) is 13.0 Å². The normalized spacial score (nSPS) is 23.9. The van der Waals surface area contributed by atoms with Crippen molar-refractivity contribution in [2.45, 2.75) is 17.9 Å². The Morgan fingerprint density at radius 1 is 1.30 bits per heavy atom. The van der Waals surface area contributed by atoms with E-state index < -0.39 is 10.0 Å². The highest BCUT2D eigenvalue weighted by Gasteiger charge is 2.32. The third-order valence-corrected chi connectivity index (χ3v) is 6.12. The Bertz CT molecular complexity index is 666. The molecular weight excluding hydrogens is 320 g/mol. The van der Waals surface area contributed by atoms with Crippen LogP contribution in [-0.4, -0.2) is 72.5 Å². The van der Waals surface area contributed by atoms with E-state index in [1.54, 1.807) is 16.5 Å². The first kappa shape index (κ1) is 16.4. The molecule has 8 nitrogen and oxygen atoms in total. The molecule has 2 fully saturated rings. The molecule has 1 unspecified atom stereocenters. The second kappa shape index (κ2) is 6.58. The van der Waals surface area contributed by atoms with Crippen molar-refractivity contribution in [1.82, 2.24) is 18.8 Å². The number of carbonyl (C=O) groups excluding carboxylic acids is 1. The second-order valence-corrected chi connectivity index (χ2v) is 7.91. The maximum atomic E-state index is 12.6. The van der Waals surface area contributed by atoms with Gasteiger partial charge in [0.2, 0.25) is 5.91 Å². The van der Waals surface area contributed by atoms with Crippen LogP contribution in [0.25, 0.3) is 0 Å². The highest BCUT2D eigenvalue weighted by molar-refractivity contribution is 7.89. The van der Waals surface area contributed by atoms with Crippen molar-refractivity contribution in [3.8, 4) is 0 Å². The first-order valence-corrected chi connectivity index (χ1v) is 9.27. The molecule has 0 N–H and O–H groups in total. The number of rotatable bonds is 3. The summed E-state index contributed by atoms with van der Waals surface area (Å²) in [5.74, 6) is 0.00790. The van der Waals surface area contributed by atoms with Crippen LogP contribution in [-0.2, 0) is 26.6 Å². The number of nitrogens with zero attached hydrogens (tertiary/aromatic N) is 4. The van der Waals surface area contributed by atoms with Crippen molar-refractivity contribution < 1.29 is 17.9 Å². The van der Waals surface area contributed by atoms with Gasteiger partial charge in [0, 0.05) is 46.0 Å². The third kappa shape index (κ3) is 3.41. The van der Waals surface area contributed by atoms with Crippen molar-refractivity contribution in [3.05, 3.63) is 12.5 Å². The highest BCUT2D eigenvalue weighted by Crippen LogP contribution is 2.19. The molecule has 3 heterocycles. The number of imidazole rings is 1. The number of hydrogen-bond acceptors (Lipinski definition) is 5. The number of carbonyl (C=O) groups is 1. The van der Waals surface area contributed by atoms with Gasteiger partial charge in [-0.3, -0.25) is 4.79 Å². The fourth-order valence-electron chi connectivity index (χ4n) is 3.00. The fourth-order valence-corrected chi connectivity index (χ4v) is 4.43. The minimum atomic E-state index is -3.59. The molecule has 3 rings (SSSR count). The van der Waals surface area contributed by atoms with Gasteiger partial charge in [-0.15, -0.1) is 0 Å². The Kier molecular flexibility index (Phi) is 4.69. The molecule has 1 atom stereocenters. The van der Waals surface area contributed by atoms with E-state index in [1.165, 1.54) is 16.8 Å². The second-order valence-electron chi connectivity index (χ2n) is 6.02. The van der Waals surface area contributed by atoms with Crippen LogP contribution < -0.4 is 0 Å². The molecule has 0 aliphatic carbocycles.